The summed E-state index contributed by atoms with van der Waals surface area (Å²) in [7, 11) is 0. The fraction of sp³-hybridized carbons (Fsp3) is 0. The summed E-state index contributed by atoms with van der Waals surface area (Å²) >= 11 is 0. The van der Waals surface area contributed by atoms with Crippen LogP contribution in [0.2, 0.25) is 0 Å². The molecule has 0 saturated carbocycles. The van der Waals surface area contributed by atoms with E-state index in [4.69, 9.17) is 9.47 Å². The Balaban J connectivity index is 1.08. The number of rotatable bonds is 4. The van der Waals surface area contributed by atoms with E-state index in [9.17, 15) is 0 Å². The third kappa shape index (κ3) is 5.40. The Hall–Kier alpha value is -8.98. The Bertz CT molecular complexity index is 4310. The highest BCUT2D eigenvalue weighted by Crippen LogP contribution is 2.54. The van der Waals surface area contributed by atoms with Crippen LogP contribution in [0.15, 0.2) is 231 Å². The van der Waals surface area contributed by atoms with E-state index in [0.29, 0.717) is 0 Å². The molecule has 13 aromatic carbocycles. The van der Waals surface area contributed by atoms with Crippen LogP contribution in [0.4, 0.5) is 0 Å². The number of hydrogen-bond donors (Lipinski definition) is 0. The van der Waals surface area contributed by atoms with Crippen LogP contribution in [-0.4, -0.2) is 0 Å². The molecule has 0 amide bonds. The molecule has 314 valence electrons. The molecule has 2 heteroatoms. The van der Waals surface area contributed by atoms with Crippen molar-refractivity contribution in [2.24, 2.45) is 0 Å². The third-order valence-electron chi connectivity index (χ3n) is 14.6. The van der Waals surface area contributed by atoms with E-state index in [-0.39, 0.29) is 0 Å². The molecule has 0 radical (unpaired) electrons. The van der Waals surface area contributed by atoms with E-state index in [1.165, 1.54) is 98.5 Å². The van der Waals surface area contributed by atoms with Crippen molar-refractivity contribution in [3.8, 4) is 89.8 Å². The first-order chi connectivity index (χ1) is 33.7. The normalized spacial score (nSPS) is 12.4. The minimum atomic E-state index is 0.862. The molecule has 0 spiro atoms. The molecule has 68 heavy (non-hydrogen) atoms. The second kappa shape index (κ2) is 14.3. The molecule has 0 saturated heterocycles. The van der Waals surface area contributed by atoms with Gasteiger partial charge in [0.2, 0.25) is 0 Å². The topological polar surface area (TPSA) is 18.5 Å². The van der Waals surface area contributed by atoms with Crippen molar-refractivity contribution in [3.63, 3.8) is 0 Å². The molecule has 0 fully saturated rings. The van der Waals surface area contributed by atoms with E-state index in [1.54, 1.807) is 0 Å². The molecule has 13 aromatic rings. The number of fused-ring (bicyclic) bond motifs is 8. The summed E-state index contributed by atoms with van der Waals surface area (Å²) in [5, 5.41) is 14.3. The molecule has 0 bridgehead atoms. The SMILES string of the molecule is c1ccc2c(c1)Oc1ccc(-c3c4ccc(-c5cccc6ccccc56)cc4c(-c4ccc5c(c4)Oc4cccc6cccc-5c46)c4ccc(-c5cccc6ccccc56)cc34)c3cccc-2c13. The standard InChI is InChI=1S/C66H38O2/c1-3-18-45-39(12-1)14-7-21-47(45)42-29-33-56-57(36-42)63(44-30-31-50-51-23-9-16-41-17-10-27-60(64(41)51)68-62(50)38-44)55-32-28-43(48-22-8-15-40-13-2-4-19-46(40)48)37-58(55)65(56)54-34-35-61-66-52(24-11-25-53(54)66)49-20-5-6-26-59(49)67-61/h1-38H. The number of hydrogen-bond acceptors (Lipinski definition) is 2. The average molecular weight is 863 g/mol. The monoisotopic (exact) mass is 862 g/mol. The van der Waals surface area contributed by atoms with Gasteiger partial charge < -0.3 is 9.47 Å². The number of ether oxygens (including phenoxy) is 2. The maximum absolute atomic E-state index is 6.89. The van der Waals surface area contributed by atoms with Gasteiger partial charge in [-0.25, -0.2) is 0 Å². The fourth-order valence-electron chi connectivity index (χ4n) is 11.6. The van der Waals surface area contributed by atoms with E-state index >= 15 is 0 Å². The maximum Gasteiger partial charge on any atom is 0.135 e. The number of para-hydroxylation sites is 1. The van der Waals surface area contributed by atoms with Gasteiger partial charge >= 0.3 is 0 Å². The largest absolute Gasteiger partial charge is 0.456 e. The summed E-state index contributed by atoms with van der Waals surface area (Å²) in [6.45, 7) is 0. The van der Waals surface area contributed by atoms with Gasteiger partial charge in [-0.2, -0.15) is 0 Å². The average Bonchev–Trinajstić information content (AvgIpc) is 3.40. The predicted octanol–water partition coefficient (Wildman–Crippen LogP) is 18.8. The molecule has 0 atom stereocenters. The highest BCUT2D eigenvalue weighted by atomic mass is 16.5. The van der Waals surface area contributed by atoms with Crippen LogP contribution in [0, 0.1) is 0 Å². The van der Waals surface area contributed by atoms with Gasteiger partial charge in [-0.05, 0) is 158 Å². The Morgan fingerprint density at radius 2 is 0.676 bits per heavy atom. The summed E-state index contributed by atoms with van der Waals surface area (Å²) in [4.78, 5) is 0. The lowest BCUT2D eigenvalue weighted by Gasteiger charge is -2.25. The van der Waals surface area contributed by atoms with Gasteiger partial charge in [0.1, 0.15) is 23.0 Å². The lowest BCUT2D eigenvalue weighted by molar-refractivity contribution is 0.487. The van der Waals surface area contributed by atoms with Crippen LogP contribution in [0.3, 0.4) is 0 Å². The second-order valence-electron chi connectivity index (χ2n) is 18.2. The molecule has 2 aliphatic rings. The Morgan fingerprint density at radius 3 is 1.43 bits per heavy atom. The minimum absolute atomic E-state index is 0.862. The van der Waals surface area contributed by atoms with Crippen LogP contribution in [0.25, 0.3) is 131 Å². The molecule has 2 nitrogen and oxygen atoms in total. The van der Waals surface area contributed by atoms with Crippen LogP contribution in [0.1, 0.15) is 0 Å². The molecule has 15 rings (SSSR count). The van der Waals surface area contributed by atoms with Gasteiger partial charge in [0, 0.05) is 21.9 Å². The smallest absolute Gasteiger partial charge is 0.135 e. The van der Waals surface area contributed by atoms with Crippen molar-refractivity contribution in [1.82, 2.24) is 0 Å². The number of benzene rings is 13. The molecule has 2 aliphatic heterocycles. The van der Waals surface area contributed by atoms with Gasteiger partial charge in [-0.1, -0.05) is 182 Å². The Kier molecular flexibility index (Phi) is 7.81. The van der Waals surface area contributed by atoms with Gasteiger partial charge in [-0.3, -0.25) is 0 Å². The van der Waals surface area contributed by atoms with Crippen LogP contribution >= 0.6 is 0 Å². The van der Waals surface area contributed by atoms with Crippen molar-refractivity contribution in [2.45, 2.75) is 0 Å². The van der Waals surface area contributed by atoms with E-state index in [0.717, 1.165) is 55.8 Å². The summed E-state index contributed by atoms with van der Waals surface area (Å²) in [5.74, 6) is 3.51. The first kappa shape index (κ1) is 37.3. The summed E-state index contributed by atoms with van der Waals surface area (Å²) in [5.41, 5.74) is 14.0. The van der Waals surface area contributed by atoms with Crippen LogP contribution < -0.4 is 9.47 Å². The minimum Gasteiger partial charge on any atom is -0.456 e. The van der Waals surface area contributed by atoms with Crippen molar-refractivity contribution in [3.05, 3.63) is 231 Å². The van der Waals surface area contributed by atoms with Gasteiger partial charge in [0.15, 0.2) is 0 Å². The van der Waals surface area contributed by atoms with Crippen molar-refractivity contribution in [1.29, 1.82) is 0 Å². The maximum atomic E-state index is 6.89. The van der Waals surface area contributed by atoms with Crippen LogP contribution in [0.5, 0.6) is 23.0 Å². The second-order valence-corrected chi connectivity index (χ2v) is 18.2. The molecule has 0 N–H and O–H groups in total. The lowest BCUT2D eigenvalue weighted by atomic mass is 9.81. The summed E-state index contributed by atoms with van der Waals surface area (Å²) < 4.78 is 13.6. The molecule has 0 aliphatic carbocycles. The molecule has 2 heterocycles. The van der Waals surface area contributed by atoms with Crippen molar-refractivity contribution < 1.29 is 9.47 Å². The first-order valence-electron chi connectivity index (χ1n) is 23.4. The van der Waals surface area contributed by atoms with Crippen LogP contribution in [-0.2, 0) is 0 Å². The Morgan fingerprint density at radius 1 is 0.206 bits per heavy atom. The zero-order valence-corrected chi connectivity index (χ0v) is 36.8. The predicted molar refractivity (Wildman–Crippen MR) is 284 cm³/mol. The lowest BCUT2D eigenvalue weighted by Crippen LogP contribution is -1.99. The highest BCUT2D eigenvalue weighted by molar-refractivity contribution is 6.26. The fourth-order valence-corrected chi connectivity index (χ4v) is 11.6. The quantitative estimate of drug-likeness (QED) is 0.164. The van der Waals surface area contributed by atoms with Gasteiger partial charge in [0.05, 0.1) is 0 Å². The Labute approximate surface area is 392 Å². The van der Waals surface area contributed by atoms with E-state index in [2.05, 4.69) is 224 Å². The zero-order chi connectivity index (χ0) is 44.5. The zero-order valence-electron chi connectivity index (χ0n) is 36.8. The molecular weight excluding hydrogens is 825 g/mol. The van der Waals surface area contributed by atoms with E-state index in [1.807, 2.05) is 6.07 Å². The van der Waals surface area contributed by atoms with Gasteiger partial charge in [-0.15, -0.1) is 0 Å². The van der Waals surface area contributed by atoms with Gasteiger partial charge in [0.25, 0.3) is 0 Å². The highest BCUT2D eigenvalue weighted by Gasteiger charge is 2.26. The molecule has 0 aromatic heterocycles. The molecule has 0 unspecified atom stereocenters. The first-order valence-corrected chi connectivity index (χ1v) is 23.4. The molecular formula is C66H38O2. The van der Waals surface area contributed by atoms with Crippen molar-refractivity contribution in [2.75, 3.05) is 0 Å². The van der Waals surface area contributed by atoms with Crippen molar-refractivity contribution >= 4 is 64.6 Å². The summed E-state index contributed by atoms with van der Waals surface area (Å²) in [6.07, 6.45) is 0. The third-order valence-corrected chi connectivity index (χ3v) is 14.6. The summed E-state index contributed by atoms with van der Waals surface area (Å²) in [6, 6.07) is 84.3. The van der Waals surface area contributed by atoms with E-state index < -0.39 is 0 Å².